The highest BCUT2D eigenvalue weighted by molar-refractivity contribution is 7.87. The second-order valence-corrected chi connectivity index (χ2v) is 6.99. The molecule has 1 N–H and O–H groups in total. The minimum atomic E-state index is -3.85. The maximum Gasteiger partial charge on any atom is 0.339 e. The van der Waals surface area contributed by atoms with Crippen molar-refractivity contribution in [2.45, 2.75) is 4.90 Å². The van der Waals surface area contributed by atoms with Crippen LogP contribution < -0.4 is 19.1 Å². The van der Waals surface area contributed by atoms with E-state index in [0.717, 1.165) is 31.9 Å². The molecule has 0 amide bonds. The van der Waals surface area contributed by atoms with Crippen molar-refractivity contribution in [1.29, 1.82) is 0 Å². The van der Waals surface area contributed by atoms with Crippen molar-refractivity contribution in [3.63, 3.8) is 0 Å². The number of piperazine rings is 1. The SMILES string of the molecule is COc1ccc(OS(=O)(=O)c2ccc(N3CCNCC3)cc2)cc1. The smallest absolute Gasteiger partial charge is 0.339 e. The van der Waals surface area contributed by atoms with E-state index in [4.69, 9.17) is 8.92 Å². The first-order valence-corrected chi connectivity index (χ1v) is 9.13. The van der Waals surface area contributed by atoms with Crippen LogP contribution in [0.5, 0.6) is 11.5 Å². The number of anilines is 1. The summed E-state index contributed by atoms with van der Waals surface area (Å²) >= 11 is 0. The van der Waals surface area contributed by atoms with Gasteiger partial charge in [0.25, 0.3) is 0 Å². The van der Waals surface area contributed by atoms with Gasteiger partial charge in [0.2, 0.25) is 0 Å². The van der Waals surface area contributed by atoms with Gasteiger partial charge in [0.15, 0.2) is 0 Å². The number of hydrogen-bond donors (Lipinski definition) is 1. The summed E-state index contributed by atoms with van der Waals surface area (Å²) in [4.78, 5) is 2.36. The molecular weight excluding hydrogens is 328 g/mol. The van der Waals surface area contributed by atoms with E-state index in [1.165, 1.54) is 0 Å². The van der Waals surface area contributed by atoms with Crippen molar-refractivity contribution < 1.29 is 17.3 Å². The van der Waals surface area contributed by atoms with E-state index in [2.05, 4.69) is 10.2 Å². The molecule has 7 heteroatoms. The molecule has 1 aliphatic heterocycles. The number of ether oxygens (including phenoxy) is 1. The zero-order chi connectivity index (χ0) is 17.0. The number of methoxy groups -OCH3 is 1. The molecule has 1 saturated heterocycles. The summed E-state index contributed by atoms with van der Waals surface area (Å²) in [7, 11) is -2.30. The second kappa shape index (κ2) is 7.11. The Bertz CT molecular complexity index is 767. The van der Waals surface area contributed by atoms with Crippen LogP contribution in [0.4, 0.5) is 5.69 Å². The predicted octanol–water partition coefficient (Wildman–Crippen LogP) is 1.87. The Morgan fingerprint density at radius 3 is 2.08 bits per heavy atom. The number of nitrogens with zero attached hydrogens (tertiary/aromatic N) is 1. The standard InChI is InChI=1S/C17H20N2O4S/c1-22-15-4-6-16(7-5-15)23-24(20,21)17-8-2-14(3-9-17)19-12-10-18-11-13-19/h2-9,18H,10-13H2,1H3. The summed E-state index contributed by atoms with van der Waals surface area (Å²) in [6.07, 6.45) is 0. The van der Waals surface area contributed by atoms with Gasteiger partial charge in [-0.15, -0.1) is 0 Å². The van der Waals surface area contributed by atoms with E-state index in [9.17, 15) is 8.42 Å². The van der Waals surface area contributed by atoms with Crippen LogP contribution >= 0.6 is 0 Å². The molecule has 0 spiro atoms. The summed E-state index contributed by atoms with van der Waals surface area (Å²) < 4.78 is 34.9. The molecule has 0 atom stereocenters. The lowest BCUT2D eigenvalue weighted by Crippen LogP contribution is -2.43. The first-order valence-electron chi connectivity index (χ1n) is 7.73. The maximum absolute atomic E-state index is 12.4. The minimum absolute atomic E-state index is 0.136. The quantitative estimate of drug-likeness (QED) is 0.832. The topological polar surface area (TPSA) is 67.9 Å². The molecule has 0 aliphatic carbocycles. The van der Waals surface area contributed by atoms with Crippen LogP contribution in [0.25, 0.3) is 0 Å². The van der Waals surface area contributed by atoms with Crippen LogP contribution in [0.1, 0.15) is 0 Å². The Labute approximate surface area is 142 Å². The Morgan fingerprint density at radius 2 is 1.50 bits per heavy atom. The van der Waals surface area contributed by atoms with Crippen molar-refractivity contribution in [1.82, 2.24) is 5.32 Å². The Balaban J connectivity index is 1.73. The molecule has 1 aliphatic rings. The van der Waals surface area contributed by atoms with Gasteiger partial charge in [-0.25, -0.2) is 0 Å². The summed E-state index contributed by atoms with van der Waals surface area (Å²) in [5.74, 6) is 0.891. The highest BCUT2D eigenvalue weighted by Crippen LogP contribution is 2.23. The van der Waals surface area contributed by atoms with Gasteiger partial charge in [0.1, 0.15) is 16.4 Å². The first kappa shape index (κ1) is 16.6. The van der Waals surface area contributed by atoms with Crippen LogP contribution in [0.3, 0.4) is 0 Å². The zero-order valence-corrected chi connectivity index (χ0v) is 14.3. The number of hydrogen-bond acceptors (Lipinski definition) is 6. The Kier molecular flexibility index (Phi) is 4.92. The number of rotatable bonds is 5. The third kappa shape index (κ3) is 3.80. The van der Waals surface area contributed by atoms with E-state index in [-0.39, 0.29) is 10.6 Å². The normalized spacial score (nSPS) is 15.1. The third-order valence-corrected chi connectivity index (χ3v) is 5.13. The van der Waals surface area contributed by atoms with Gasteiger partial charge >= 0.3 is 10.1 Å². The Morgan fingerprint density at radius 1 is 0.917 bits per heavy atom. The summed E-state index contributed by atoms with van der Waals surface area (Å²) in [5.41, 5.74) is 1.01. The summed E-state index contributed by atoms with van der Waals surface area (Å²) in [5, 5.41) is 3.29. The lowest BCUT2D eigenvalue weighted by Gasteiger charge is -2.29. The van der Waals surface area contributed by atoms with Gasteiger partial charge in [-0.05, 0) is 48.5 Å². The Hall–Kier alpha value is -2.25. The molecule has 0 radical (unpaired) electrons. The minimum Gasteiger partial charge on any atom is -0.497 e. The molecule has 0 unspecified atom stereocenters. The van der Waals surface area contributed by atoms with Crippen molar-refractivity contribution in [2.24, 2.45) is 0 Å². The van der Waals surface area contributed by atoms with E-state index in [1.54, 1.807) is 43.5 Å². The highest BCUT2D eigenvalue weighted by atomic mass is 32.2. The predicted molar refractivity (Wildman–Crippen MR) is 92.3 cm³/mol. The van der Waals surface area contributed by atoms with Crippen LogP contribution in [0.2, 0.25) is 0 Å². The zero-order valence-electron chi connectivity index (χ0n) is 13.4. The first-order chi connectivity index (χ1) is 11.6. The third-order valence-electron chi connectivity index (χ3n) is 3.87. The average molecular weight is 348 g/mol. The van der Waals surface area contributed by atoms with Crippen LogP contribution in [0, 0.1) is 0 Å². The fourth-order valence-electron chi connectivity index (χ4n) is 2.55. The van der Waals surface area contributed by atoms with Crippen LogP contribution in [-0.4, -0.2) is 41.7 Å². The molecule has 0 aromatic heterocycles. The van der Waals surface area contributed by atoms with Crippen molar-refractivity contribution in [3.05, 3.63) is 48.5 Å². The van der Waals surface area contributed by atoms with E-state index < -0.39 is 10.1 Å². The molecule has 1 heterocycles. The monoisotopic (exact) mass is 348 g/mol. The van der Waals surface area contributed by atoms with Crippen LogP contribution in [-0.2, 0) is 10.1 Å². The molecule has 24 heavy (non-hydrogen) atoms. The number of benzene rings is 2. The lowest BCUT2D eigenvalue weighted by molar-refractivity contribution is 0.413. The maximum atomic E-state index is 12.4. The second-order valence-electron chi connectivity index (χ2n) is 5.44. The molecular formula is C17H20N2O4S. The van der Waals surface area contributed by atoms with Gasteiger partial charge in [0.05, 0.1) is 7.11 Å². The highest BCUT2D eigenvalue weighted by Gasteiger charge is 2.18. The van der Waals surface area contributed by atoms with Gasteiger partial charge in [-0.3, -0.25) is 0 Å². The van der Waals surface area contributed by atoms with E-state index in [1.807, 2.05) is 12.1 Å². The van der Waals surface area contributed by atoms with Crippen molar-refractivity contribution in [3.8, 4) is 11.5 Å². The molecule has 2 aromatic carbocycles. The average Bonchev–Trinajstić information content (AvgIpc) is 2.63. The fourth-order valence-corrected chi connectivity index (χ4v) is 3.48. The van der Waals surface area contributed by atoms with Gasteiger partial charge in [-0.2, -0.15) is 8.42 Å². The van der Waals surface area contributed by atoms with Crippen LogP contribution in [0.15, 0.2) is 53.4 Å². The van der Waals surface area contributed by atoms with Gasteiger partial charge in [-0.1, -0.05) is 0 Å². The van der Waals surface area contributed by atoms with Gasteiger partial charge < -0.3 is 19.1 Å². The van der Waals surface area contributed by atoms with E-state index >= 15 is 0 Å². The van der Waals surface area contributed by atoms with Gasteiger partial charge in [0, 0.05) is 31.9 Å². The summed E-state index contributed by atoms with van der Waals surface area (Å²) in [6.45, 7) is 3.68. The molecule has 0 bridgehead atoms. The molecule has 1 fully saturated rings. The van der Waals surface area contributed by atoms with Crippen molar-refractivity contribution in [2.75, 3.05) is 38.2 Å². The molecule has 2 aromatic rings. The molecule has 0 saturated carbocycles. The van der Waals surface area contributed by atoms with Crippen molar-refractivity contribution >= 4 is 15.8 Å². The van der Waals surface area contributed by atoms with E-state index in [0.29, 0.717) is 5.75 Å². The molecule has 3 rings (SSSR count). The summed E-state index contributed by atoms with van der Waals surface area (Å²) in [6, 6.07) is 13.2. The lowest BCUT2D eigenvalue weighted by atomic mass is 10.2. The largest absolute Gasteiger partial charge is 0.497 e. The molecule has 128 valence electrons. The molecule has 6 nitrogen and oxygen atoms in total. The fraction of sp³-hybridized carbons (Fsp3) is 0.294. The number of nitrogens with one attached hydrogen (secondary N) is 1.